The van der Waals surface area contributed by atoms with E-state index in [4.69, 9.17) is 4.98 Å². The van der Waals surface area contributed by atoms with Crippen LogP contribution in [0.15, 0.2) is 6.20 Å². The Bertz CT molecular complexity index is 521. The van der Waals surface area contributed by atoms with Crippen LogP contribution in [0.1, 0.15) is 74.2 Å². The number of ketones is 1. The number of carbonyl (C=O) groups excluding carboxylic acids is 1. The van der Waals surface area contributed by atoms with Crippen molar-refractivity contribution in [2.24, 2.45) is 11.3 Å². The molecule has 0 saturated heterocycles. The molecule has 102 valence electrons. The average molecular weight is 258 g/mol. The van der Waals surface area contributed by atoms with E-state index < -0.39 is 0 Å². The molecule has 0 aliphatic heterocycles. The largest absolute Gasteiger partial charge is 0.294 e. The standard InChI is InChI=1S/C16H22N2O/c1-10-4-5-11(6-10)15-17-9-12-13(18-15)7-16(2,3)8-14(12)19/h9-11H,4-8H2,1-3H3. The quantitative estimate of drug-likeness (QED) is 0.774. The highest BCUT2D eigenvalue weighted by Crippen LogP contribution is 2.38. The summed E-state index contributed by atoms with van der Waals surface area (Å²) in [6.45, 7) is 6.59. The van der Waals surface area contributed by atoms with Crippen molar-refractivity contribution < 1.29 is 4.79 Å². The highest BCUT2D eigenvalue weighted by molar-refractivity contribution is 5.98. The van der Waals surface area contributed by atoms with E-state index in [2.05, 4.69) is 25.8 Å². The minimum atomic E-state index is 0.0404. The van der Waals surface area contributed by atoms with E-state index >= 15 is 0 Å². The van der Waals surface area contributed by atoms with Crippen LogP contribution < -0.4 is 0 Å². The summed E-state index contributed by atoms with van der Waals surface area (Å²) in [7, 11) is 0. The Morgan fingerprint density at radius 1 is 1.26 bits per heavy atom. The maximum Gasteiger partial charge on any atom is 0.166 e. The molecule has 2 atom stereocenters. The molecule has 1 heterocycles. The second-order valence-electron chi connectivity index (χ2n) is 7.14. The van der Waals surface area contributed by atoms with Gasteiger partial charge in [-0.15, -0.1) is 0 Å². The third kappa shape index (κ3) is 2.43. The zero-order valence-electron chi connectivity index (χ0n) is 12.1. The Labute approximate surface area is 114 Å². The van der Waals surface area contributed by atoms with E-state index in [0.29, 0.717) is 12.3 Å². The fourth-order valence-corrected chi connectivity index (χ4v) is 3.48. The lowest BCUT2D eigenvalue weighted by Gasteiger charge is -2.29. The first kappa shape index (κ1) is 12.8. The van der Waals surface area contributed by atoms with E-state index in [1.807, 2.05) is 0 Å². The number of hydrogen-bond donors (Lipinski definition) is 0. The maximum absolute atomic E-state index is 12.1. The Morgan fingerprint density at radius 2 is 2.05 bits per heavy atom. The number of Topliss-reactive ketones (excluding diaryl/α,β-unsaturated/α-hetero) is 1. The van der Waals surface area contributed by atoms with Crippen LogP contribution >= 0.6 is 0 Å². The Kier molecular flexibility index (Phi) is 2.95. The predicted octanol–water partition coefficient (Wildman–Crippen LogP) is 3.54. The third-order valence-corrected chi connectivity index (χ3v) is 4.53. The highest BCUT2D eigenvalue weighted by Gasteiger charge is 2.33. The fraction of sp³-hybridized carbons (Fsp3) is 0.688. The minimum absolute atomic E-state index is 0.0404. The average Bonchev–Trinajstić information content (AvgIpc) is 2.73. The summed E-state index contributed by atoms with van der Waals surface area (Å²) in [5.41, 5.74) is 1.78. The zero-order chi connectivity index (χ0) is 13.6. The van der Waals surface area contributed by atoms with Crippen molar-refractivity contribution in [1.29, 1.82) is 0 Å². The van der Waals surface area contributed by atoms with Gasteiger partial charge in [0.15, 0.2) is 5.78 Å². The SMILES string of the molecule is CC1CCC(c2ncc3c(n2)CC(C)(C)CC3=O)C1. The Morgan fingerprint density at radius 3 is 2.74 bits per heavy atom. The van der Waals surface area contributed by atoms with Gasteiger partial charge in [-0.3, -0.25) is 4.79 Å². The number of hydrogen-bond acceptors (Lipinski definition) is 3. The molecule has 0 N–H and O–H groups in total. The summed E-state index contributed by atoms with van der Waals surface area (Å²) in [4.78, 5) is 21.3. The van der Waals surface area contributed by atoms with Gasteiger partial charge in [-0.1, -0.05) is 20.8 Å². The van der Waals surface area contributed by atoms with E-state index in [-0.39, 0.29) is 11.2 Å². The van der Waals surface area contributed by atoms with Crippen LogP contribution in [-0.2, 0) is 6.42 Å². The van der Waals surface area contributed by atoms with Crippen LogP contribution in [0.2, 0.25) is 0 Å². The van der Waals surface area contributed by atoms with Crippen LogP contribution in [0.4, 0.5) is 0 Å². The maximum atomic E-state index is 12.1. The first-order valence-corrected chi connectivity index (χ1v) is 7.34. The first-order valence-electron chi connectivity index (χ1n) is 7.34. The highest BCUT2D eigenvalue weighted by atomic mass is 16.1. The van der Waals surface area contributed by atoms with Gasteiger partial charge in [0.2, 0.25) is 0 Å². The lowest BCUT2D eigenvalue weighted by Crippen LogP contribution is -2.28. The Balaban J connectivity index is 1.93. The van der Waals surface area contributed by atoms with Gasteiger partial charge < -0.3 is 0 Å². The summed E-state index contributed by atoms with van der Waals surface area (Å²) in [6.07, 6.45) is 6.94. The summed E-state index contributed by atoms with van der Waals surface area (Å²) in [5.74, 6) is 2.45. The van der Waals surface area contributed by atoms with Crippen molar-refractivity contribution in [2.45, 2.75) is 58.8 Å². The molecule has 1 fully saturated rings. The number of nitrogens with zero attached hydrogens (tertiary/aromatic N) is 2. The predicted molar refractivity (Wildman–Crippen MR) is 74.2 cm³/mol. The molecule has 0 bridgehead atoms. The van der Waals surface area contributed by atoms with E-state index in [1.54, 1.807) is 6.20 Å². The summed E-state index contributed by atoms with van der Waals surface area (Å²) < 4.78 is 0. The molecule has 2 aliphatic rings. The molecule has 0 radical (unpaired) electrons. The smallest absolute Gasteiger partial charge is 0.166 e. The van der Waals surface area contributed by atoms with Gasteiger partial charge in [0.05, 0.1) is 11.3 Å². The molecule has 3 nitrogen and oxygen atoms in total. The molecule has 3 heteroatoms. The molecule has 0 amide bonds. The molecule has 2 aliphatic carbocycles. The molecular formula is C16H22N2O. The number of aromatic nitrogens is 2. The summed E-state index contributed by atoms with van der Waals surface area (Å²) in [6, 6.07) is 0. The molecule has 0 spiro atoms. The van der Waals surface area contributed by atoms with Crippen molar-refractivity contribution in [3.05, 3.63) is 23.3 Å². The fourth-order valence-electron chi connectivity index (χ4n) is 3.48. The molecule has 1 aromatic rings. The molecule has 3 rings (SSSR count). The van der Waals surface area contributed by atoms with Crippen LogP contribution in [0.5, 0.6) is 0 Å². The molecule has 0 aromatic carbocycles. The first-order chi connectivity index (χ1) is 8.94. The number of carbonyl (C=O) groups is 1. The molecule has 19 heavy (non-hydrogen) atoms. The van der Waals surface area contributed by atoms with Crippen LogP contribution in [0.3, 0.4) is 0 Å². The summed E-state index contributed by atoms with van der Waals surface area (Å²) in [5, 5.41) is 0. The monoisotopic (exact) mass is 258 g/mol. The third-order valence-electron chi connectivity index (χ3n) is 4.53. The molecule has 1 aromatic heterocycles. The zero-order valence-corrected chi connectivity index (χ0v) is 12.1. The lowest BCUT2D eigenvalue weighted by molar-refractivity contribution is 0.0909. The minimum Gasteiger partial charge on any atom is -0.294 e. The van der Waals surface area contributed by atoms with E-state index in [1.165, 1.54) is 19.3 Å². The van der Waals surface area contributed by atoms with Gasteiger partial charge in [0.25, 0.3) is 0 Å². The second-order valence-corrected chi connectivity index (χ2v) is 7.14. The van der Waals surface area contributed by atoms with Crippen LogP contribution in [0, 0.1) is 11.3 Å². The van der Waals surface area contributed by atoms with Crippen molar-refractivity contribution in [3.8, 4) is 0 Å². The normalized spacial score (nSPS) is 29.3. The van der Waals surface area contributed by atoms with Crippen molar-refractivity contribution in [1.82, 2.24) is 9.97 Å². The van der Waals surface area contributed by atoms with E-state index in [0.717, 1.165) is 29.4 Å². The molecule has 2 unspecified atom stereocenters. The van der Waals surface area contributed by atoms with Gasteiger partial charge in [-0.2, -0.15) is 0 Å². The van der Waals surface area contributed by atoms with Gasteiger partial charge >= 0.3 is 0 Å². The topological polar surface area (TPSA) is 42.9 Å². The van der Waals surface area contributed by atoms with Gasteiger partial charge in [0, 0.05) is 18.5 Å². The van der Waals surface area contributed by atoms with Gasteiger partial charge in [-0.25, -0.2) is 9.97 Å². The van der Waals surface area contributed by atoms with Gasteiger partial charge in [0.1, 0.15) is 5.82 Å². The molecular weight excluding hydrogens is 236 g/mol. The lowest BCUT2D eigenvalue weighted by atomic mass is 9.76. The second kappa shape index (κ2) is 4.39. The van der Waals surface area contributed by atoms with Crippen molar-refractivity contribution >= 4 is 5.78 Å². The Hall–Kier alpha value is -1.25. The molecule has 1 saturated carbocycles. The number of fused-ring (bicyclic) bond motifs is 1. The summed E-state index contributed by atoms with van der Waals surface area (Å²) >= 11 is 0. The van der Waals surface area contributed by atoms with Crippen molar-refractivity contribution in [3.63, 3.8) is 0 Å². The van der Waals surface area contributed by atoms with Gasteiger partial charge in [-0.05, 0) is 37.0 Å². The number of rotatable bonds is 1. The van der Waals surface area contributed by atoms with Crippen LogP contribution in [0.25, 0.3) is 0 Å². The van der Waals surface area contributed by atoms with E-state index in [9.17, 15) is 4.79 Å². The van der Waals surface area contributed by atoms with Crippen molar-refractivity contribution in [2.75, 3.05) is 0 Å². The van der Waals surface area contributed by atoms with Crippen LogP contribution in [-0.4, -0.2) is 15.8 Å².